The van der Waals surface area contributed by atoms with Crippen LogP contribution >= 0.6 is 11.8 Å². The van der Waals surface area contributed by atoms with E-state index >= 15 is 0 Å². The molecule has 0 aliphatic carbocycles. The Morgan fingerprint density at radius 2 is 2.05 bits per heavy atom. The van der Waals surface area contributed by atoms with Crippen LogP contribution in [0.3, 0.4) is 0 Å². The maximum absolute atomic E-state index is 12.5. The molecule has 5 nitrogen and oxygen atoms in total. The SMILES string of the molecule is CCC(C)(SC)C1CC(=O)N(CCCCCC(=O)NC)C1=O. The fourth-order valence-electron chi connectivity index (χ4n) is 2.79. The first-order valence-electron chi connectivity index (χ1n) is 7.99. The van der Waals surface area contributed by atoms with Crippen LogP contribution in [0.15, 0.2) is 0 Å². The van der Waals surface area contributed by atoms with Crippen molar-refractivity contribution in [3.8, 4) is 0 Å². The Kier molecular flexibility index (Phi) is 7.39. The van der Waals surface area contributed by atoms with Crippen molar-refractivity contribution in [3.05, 3.63) is 0 Å². The first-order valence-corrected chi connectivity index (χ1v) is 9.22. The minimum atomic E-state index is -0.203. The zero-order valence-electron chi connectivity index (χ0n) is 14.1. The Bertz CT molecular complexity index is 422. The molecule has 1 aliphatic rings. The number of carbonyl (C=O) groups excluding carboxylic acids is 3. The predicted molar refractivity (Wildman–Crippen MR) is 89.6 cm³/mol. The molecule has 1 heterocycles. The number of hydrogen-bond donors (Lipinski definition) is 1. The lowest BCUT2D eigenvalue weighted by Gasteiger charge is -2.31. The summed E-state index contributed by atoms with van der Waals surface area (Å²) in [4.78, 5) is 37.2. The number of imide groups is 1. The van der Waals surface area contributed by atoms with E-state index in [1.165, 1.54) is 4.90 Å². The highest BCUT2D eigenvalue weighted by molar-refractivity contribution is 8.00. The van der Waals surface area contributed by atoms with Gasteiger partial charge in [0.1, 0.15) is 0 Å². The number of unbranched alkanes of at least 4 members (excludes halogenated alkanes) is 2. The summed E-state index contributed by atoms with van der Waals surface area (Å²) < 4.78 is -0.166. The van der Waals surface area contributed by atoms with Gasteiger partial charge in [0.25, 0.3) is 0 Å². The van der Waals surface area contributed by atoms with Gasteiger partial charge in [-0.3, -0.25) is 19.3 Å². The van der Waals surface area contributed by atoms with E-state index < -0.39 is 0 Å². The molecule has 0 aromatic heterocycles. The second-order valence-corrected chi connectivity index (χ2v) is 7.34. The summed E-state index contributed by atoms with van der Waals surface area (Å²) in [7, 11) is 1.63. The molecule has 1 aliphatic heterocycles. The molecular weight excluding hydrogens is 300 g/mol. The molecule has 2 atom stereocenters. The summed E-state index contributed by atoms with van der Waals surface area (Å²) in [6, 6.07) is 0. The van der Waals surface area contributed by atoms with Gasteiger partial charge in [0.05, 0.1) is 5.92 Å². The summed E-state index contributed by atoms with van der Waals surface area (Å²) in [5.41, 5.74) is 0. The smallest absolute Gasteiger partial charge is 0.234 e. The number of thioether (sulfide) groups is 1. The highest BCUT2D eigenvalue weighted by atomic mass is 32.2. The molecule has 126 valence electrons. The second kappa shape index (κ2) is 8.56. The third-order valence-corrected chi connectivity index (χ3v) is 6.22. The molecule has 0 bridgehead atoms. The van der Waals surface area contributed by atoms with Crippen LogP contribution in [0.25, 0.3) is 0 Å². The highest BCUT2D eigenvalue weighted by Crippen LogP contribution is 2.40. The van der Waals surface area contributed by atoms with Gasteiger partial charge in [-0.05, 0) is 32.4 Å². The van der Waals surface area contributed by atoms with Crippen molar-refractivity contribution >= 4 is 29.5 Å². The molecule has 22 heavy (non-hydrogen) atoms. The van der Waals surface area contributed by atoms with E-state index in [9.17, 15) is 14.4 Å². The van der Waals surface area contributed by atoms with Crippen LogP contribution < -0.4 is 5.32 Å². The Labute approximate surface area is 137 Å². The van der Waals surface area contributed by atoms with Gasteiger partial charge in [0.2, 0.25) is 17.7 Å². The van der Waals surface area contributed by atoms with Crippen LogP contribution in [0.4, 0.5) is 0 Å². The Morgan fingerprint density at radius 1 is 1.36 bits per heavy atom. The number of carbonyl (C=O) groups is 3. The van der Waals surface area contributed by atoms with Gasteiger partial charge >= 0.3 is 0 Å². The van der Waals surface area contributed by atoms with E-state index in [0.29, 0.717) is 19.4 Å². The molecule has 0 spiro atoms. The van der Waals surface area contributed by atoms with Crippen LogP contribution in [0.5, 0.6) is 0 Å². The molecule has 6 heteroatoms. The lowest BCUT2D eigenvalue weighted by Crippen LogP contribution is -2.38. The number of hydrogen-bond acceptors (Lipinski definition) is 4. The number of nitrogens with one attached hydrogen (secondary N) is 1. The van der Waals surface area contributed by atoms with Gasteiger partial charge in [0, 0.05) is 31.2 Å². The molecule has 1 rings (SSSR count). The van der Waals surface area contributed by atoms with Gasteiger partial charge in [0.15, 0.2) is 0 Å². The van der Waals surface area contributed by atoms with E-state index in [1.54, 1.807) is 18.8 Å². The zero-order valence-corrected chi connectivity index (χ0v) is 14.9. The fraction of sp³-hybridized carbons (Fsp3) is 0.812. The summed E-state index contributed by atoms with van der Waals surface area (Å²) in [5.74, 6) is -0.233. The Balaban J connectivity index is 2.47. The van der Waals surface area contributed by atoms with Crippen LogP contribution in [0, 0.1) is 5.92 Å². The lowest BCUT2D eigenvalue weighted by molar-refractivity contribution is -0.139. The average molecular weight is 328 g/mol. The van der Waals surface area contributed by atoms with E-state index in [0.717, 1.165) is 25.7 Å². The first kappa shape index (κ1) is 19.0. The van der Waals surface area contributed by atoms with Crippen molar-refractivity contribution in [2.45, 2.75) is 57.1 Å². The van der Waals surface area contributed by atoms with Crippen molar-refractivity contribution in [1.29, 1.82) is 0 Å². The van der Waals surface area contributed by atoms with Gasteiger partial charge < -0.3 is 5.32 Å². The van der Waals surface area contributed by atoms with Gasteiger partial charge in [-0.15, -0.1) is 0 Å². The van der Waals surface area contributed by atoms with Crippen LogP contribution in [-0.2, 0) is 14.4 Å². The fourth-order valence-corrected chi connectivity index (χ4v) is 3.54. The van der Waals surface area contributed by atoms with Crippen LogP contribution in [0.2, 0.25) is 0 Å². The highest BCUT2D eigenvalue weighted by Gasteiger charge is 2.47. The van der Waals surface area contributed by atoms with Gasteiger partial charge in [-0.25, -0.2) is 0 Å². The molecule has 3 amide bonds. The van der Waals surface area contributed by atoms with Gasteiger partial charge in [-0.2, -0.15) is 11.8 Å². The van der Waals surface area contributed by atoms with Crippen LogP contribution in [-0.4, -0.2) is 47.2 Å². The molecule has 1 saturated heterocycles. The Hall–Kier alpha value is -1.04. The molecule has 0 aromatic carbocycles. The molecule has 2 unspecified atom stereocenters. The van der Waals surface area contributed by atoms with Gasteiger partial charge in [-0.1, -0.05) is 13.3 Å². The van der Waals surface area contributed by atoms with Crippen LogP contribution in [0.1, 0.15) is 52.4 Å². The second-order valence-electron chi connectivity index (χ2n) is 5.99. The van der Waals surface area contributed by atoms with E-state index in [-0.39, 0.29) is 28.4 Å². The summed E-state index contributed by atoms with van der Waals surface area (Å²) in [6.45, 7) is 4.62. The topological polar surface area (TPSA) is 66.5 Å². The molecule has 0 aromatic rings. The molecule has 0 radical (unpaired) electrons. The van der Waals surface area contributed by atoms with Crippen molar-refractivity contribution < 1.29 is 14.4 Å². The third-order valence-electron chi connectivity index (χ3n) is 4.71. The standard InChI is InChI=1S/C16H28N2O3S/c1-5-16(2,22-4)12-11-14(20)18(15(12)21)10-8-6-7-9-13(19)17-3/h12H,5-11H2,1-4H3,(H,17,19). The molecular formula is C16H28N2O3S. The maximum Gasteiger partial charge on any atom is 0.234 e. The summed E-state index contributed by atoms with van der Waals surface area (Å²) in [6.07, 6.45) is 6.12. The first-order chi connectivity index (χ1) is 10.4. The van der Waals surface area contributed by atoms with E-state index in [2.05, 4.69) is 19.2 Å². The van der Waals surface area contributed by atoms with Crippen molar-refractivity contribution in [1.82, 2.24) is 10.2 Å². The van der Waals surface area contributed by atoms with E-state index in [4.69, 9.17) is 0 Å². The monoisotopic (exact) mass is 328 g/mol. The minimum Gasteiger partial charge on any atom is -0.359 e. The van der Waals surface area contributed by atoms with E-state index in [1.807, 2.05) is 6.26 Å². The number of likely N-dealkylation sites (tertiary alicyclic amines) is 1. The van der Waals surface area contributed by atoms with Crippen molar-refractivity contribution in [2.75, 3.05) is 19.8 Å². The number of rotatable bonds is 9. The van der Waals surface area contributed by atoms with Crippen molar-refractivity contribution in [3.63, 3.8) is 0 Å². The number of nitrogens with zero attached hydrogens (tertiary/aromatic N) is 1. The molecule has 1 N–H and O–H groups in total. The summed E-state index contributed by atoms with van der Waals surface area (Å²) in [5, 5.41) is 2.59. The average Bonchev–Trinajstić information content (AvgIpc) is 2.81. The zero-order chi connectivity index (χ0) is 16.8. The quantitative estimate of drug-likeness (QED) is 0.520. The predicted octanol–water partition coefficient (Wildman–Crippen LogP) is 2.20. The molecule has 1 fully saturated rings. The third kappa shape index (κ3) is 4.48. The van der Waals surface area contributed by atoms with Crippen molar-refractivity contribution in [2.24, 2.45) is 5.92 Å². The summed E-state index contributed by atoms with van der Waals surface area (Å²) >= 11 is 1.67. The normalized spacial score (nSPS) is 21.1. The molecule has 0 saturated carbocycles. The lowest BCUT2D eigenvalue weighted by atomic mass is 9.89. The minimum absolute atomic E-state index is 0.0185. The number of amides is 3. The Morgan fingerprint density at radius 3 is 2.59 bits per heavy atom. The largest absolute Gasteiger partial charge is 0.359 e. The maximum atomic E-state index is 12.5.